The Kier molecular flexibility index (Phi) is 32.1. The first-order valence-corrected chi connectivity index (χ1v) is 5.58. The van der Waals surface area contributed by atoms with Gasteiger partial charge in [-0.2, -0.15) is 0 Å². The van der Waals surface area contributed by atoms with Crippen LogP contribution in [0.3, 0.4) is 0 Å². The monoisotopic (exact) mass is 190 g/mol. The standard InChI is InChI=1S/C8H15F.2C2H6/c1-3-4-5-6-7-8(2)9;2*1-2/h6-8H,3-5H2,1-2H3;2*1-2H3/b7-6-;;. The van der Waals surface area contributed by atoms with Gasteiger partial charge in [-0.05, 0) is 13.3 Å². The number of hydrogen-bond acceptors (Lipinski definition) is 0. The van der Waals surface area contributed by atoms with E-state index in [0.29, 0.717) is 0 Å². The molecule has 1 unspecified atom stereocenters. The molecule has 0 aromatic carbocycles. The van der Waals surface area contributed by atoms with E-state index in [2.05, 4.69) is 6.92 Å². The van der Waals surface area contributed by atoms with Crippen LogP contribution in [0.4, 0.5) is 4.39 Å². The third kappa shape index (κ3) is 33.9. The maximum atomic E-state index is 12.0. The third-order valence-electron chi connectivity index (χ3n) is 1.13. The van der Waals surface area contributed by atoms with Crippen molar-refractivity contribution in [2.24, 2.45) is 0 Å². The molecule has 0 amide bonds. The molecule has 0 aromatic heterocycles. The number of allylic oxidation sites excluding steroid dienone is 2. The molecule has 82 valence electrons. The zero-order chi connectivity index (χ0) is 11.1. The molecule has 0 nitrogen and oxygen atoms in total. The molecule has 0 saturated carbocycles. The molecule has 0 aromatic rings. The Bertz CT molecular complexity index is 75.2. The molecule has 0 N–H and O–H groups in total. The van der Waals surface area contributed by atoms with Crippen LogP contribution in [0.5, 0.6) is 0 Å². The quantitative estimate of drug-likeness (QED) is 0.425. The highest BCUT2D eigenvalue weighted by Crippen LogP contribution is 1.97. The minimum absolute atomic E-state index is 0.776. The van der Waals surface area contributed by atoms with Crippen LogP contribution in [-0.2, 0) is 0 Å². The second-order valence-corrected chi connectivity index (χ2v) is 2.25. The summed E-state index contributed by atoms with van der Waals surface area (Å²) in [6.45, 7) is 11.7. The van der Waals surface area contributed by atoms with E-state index in [-0.39, 0.29) is 0 Å². The van der Waals surface area contributed by atoms with Crippen molar-refractivity contribution in [2.75, 3.05) is 0 Å². The van der Waals surface area contributed by atoms with Crippen molar-refractivity contribution in [1.29, 1.82) is 0 Å². The Morgan fingerprint density at radius 3 is 1.92 bits per heavy atom. The van der Waals surface area contributed by atoms with Gasteiger partial charge in [-0.1, -0.05) is 59.6 Å². The number of halogens is 1. The summed E-state index contributed by atoms with van der Waals surface area (Å²) in [6, 6.07) is 0. The van der Waals surface area contributed by atoms with Crippen LogP contribution in [0.25, 0.3) is 0 Å². The van der Waals surface area contributed by atoms with E-state index >= 15 is 0 Å². The Balaban J connectivity index is -0.000000218. The summed E-state index contributed by atoms with van der Waals surface area (Å²) in [5, 5.41) is 0. The molecular weight excluding hydrogens is 163 g/mol. The Morgan fingerprint density at radius 2 is 1.62 bits per heavy atom. The fourth-order valence-electron chi connectivity index (χ4n) is 0.606. The first-order chi connectivity index (χ1) is 6.27. The molecule has 0 rings (SSSR count). The average Bonchev–Trinajstić information content (AvgIpc) is 2.19. The van der Waals surface area contributed by atoms with Crippen LogP contribution in [-0.4, -0.2) is 6.17 Å². The van der Waals surface area contributed by atoms with Gasteiger partial charge in [0.05, 0.1) is 0 Å². The lowest BCUT2D eigenvalue weighted by Gasteiger charge is -1.89. The Morgan fingerprint density at radius 1 is 1.15 bits per heavy atom. The highest BCUT2D eigenvalue weighted by Gasteiger charge is 1.85. The zero-order valence-corrected chi connectivity index (χ0v) is 10.2. The second-order valence-electron chi connectivity index (χ2n) is 2.25. The van der Waals surface area contributed by atoms with Crippen LogP contribution < -0.4 is 0 Å². The normalized spacial score (nSPS) is 11.0. The van der Waals surface area contributed by atoms with Gasteiger partial charge in [0.1, 0.15) is 6.17 Å². The number of alkyl halides is 1. The molecule has 13 heavy (non-hydrogen) atoms. The Labute approximate surface area is 84.2 Å². The zero-order valence-electron chi connectivity index (χ0n) is 10.2. The van der Waals surface area contributed by atoms with Crippen molar-refractivity contribution in [3.63, 3.8) is 0 Å². The predicted molar refractivity (Wildman–Crippen MR) is 61.9 cm³/mol. The van der Waals surface area contributed by atoms with Gasteiger partial charge >= 0.3 is 0 Å². The smallest absolute Gasteiger partial charge is 0.115 e. The van der Waals surface area contributed by atoms with Crippen LogP contribution >= 0.6 is 0 Å². The van der Waals surface area contributed by atoms with Gasteiger partial charge in [-0.15, -0.1) is 0 Å². The van der Waals surface area contributed by atoms with Gasteiger partial charge in [-0.3, -0.25) is 0 Å². The summed E-state index contributed by atoms with van der Waals surface area (Å²) < 4.78 is 12.0. The van der Waals surface area contributed by atoms with Gasteiger partial charge < -0.3 is 0 Å². The minimum atomic E-state index is -0.776. The summed E-state index contributed by atoms with van der Waals surface area (Å²) in [5.74, 6) is 0. The summed E-state index contributed by atoms with van der Waals surface area (Å²) >= 11 is 0. The van der Waals surface area contributed by atoms with Gasteiger partial charge in [0, 0.05) is 0 Å². The fraction of sp³-hybridized carbons (Fsp3) is 0.833. The highest BCUT2D eigenvalue weighted by atomic mass is 19.1. The predicted octanol–water partition coefficient (Wildman–Crippen LogP) is 5.14. The molecule has 1 atom stereocenters. The van der Waals surface area contributed by atoms with Gasteiger partial charge in [-0.25, -0.2) is 4.39 Å². The first kappa shape index (κ1) is 18.5. The maximum absolute atomic E-state index is 12.0. The topological polar surface area (TPSA) is 0 Å². The number of hydrogen-bond donors (Lipinski definition) is 0. The summed E-state index contributed by atoms with van der Waals surface area (Å²) in [5.41, 5.74) is 0. The molecule has 0 saturated heterocycles. The van der Waals surface area contributed by atoms with Gasteiger partial charge in [0.25, 0.3) is 0 Å². The van der Waals surface area contributed by atoms with Crippen molar-refractivity contribution in [2.45, 2.75) is 67.0 Å². The SMILES string of the molecule is CC.CC.CCCC/C=C\C(C)F. The van der Waals surface area contributed by atoms with E-state index in [4.69, 9.17) is 0 Å². The van der Waals surface area contributed by atoms with Gasteiger partial charge in [0.15, 0.2) is 0 Å². The van der Waals surface area contributed by atoms with E-state index in [9.17, 15) is 4.39 Å². The van der Waals surface area contributed by atoms with Crippen molar-refractivity contribution >= 4 is 0 Å². The summed E-state index contributed by atoms with van der Waals surface area (Å²) in [7, 11) is 0. The fourth-order valence-corrected chi connectivity index (χ4v) is 0.606. The molecule has 0 aliphatic carbocycles. The maximum Gasteiger partial charge on any atom is 0.115 e. The molecule has 0 aliphatic rings. The van der Waals surface area contributed by atoms with E-state index < -0.39 is 6.17 Å². The molecule has 0 heterocycles. The number of unbranched alkanes of at least 4 members (excludes halogenated alkanes) is 2. The molecule has 0 aliphatic heterocycles. The molecule has 0 bridgehead atoms. The van der Waals surface area contributed by atoms with Crippen LogP contribution in [0.2, 0.25) is 0 Å². The van der Waals surface area contributed by atoms with Crippen molar-refractivity contribution in [3.8, 4) is 0 Å². The molecular formula is C12H27F. The minimum Gasteiger partial charge on any atom is -0.243 e. The highest BCUT2D eigenvalue weighted by molar-refractivity contribution is 4.85. The van der Waals surface area contributed by atoms with E-state index in [1.165, 1.54) is 12.8 Å². The summed E-state index contributed by atoms with van der Waals surface area (Å²) in [6.07, 6.45) is 6.12. The second kappa shape index (κ2) is 22.6. The molecule has 0 fully saturated rings. The van der Waals surface area contributed by atoms with Crippen molar-refractivity contribution in [1.82, 2.24) is 0 Å². The number of rotatable bonds is 4. The van der Waals surface area contributed by atoms with Gasteiger partial charge in [0.2, 0.25) is 0 Å². The lowest BCUT2D eigenvalue weighted by molar-refractivity contribution is 0.429. The largest absolute Gasteiger partial charge is 0.243 e. The van der Waals surface area contributed by atoms with E-state index in [1.54, 1.807) is 13.0 Å². The third-order valence-corrected chi connectivity index (χ3v) is 1.13. The van der Waals surface area contributed by atoms with Crippen molar-refractivity contribution in [3.05, 3.63) is 12.2 Å². The van der Waals surface area contributed by atoms with E-state index in [0.717, 1.165) is 6.42 Å². The molecule has 0 radical (unpaired) electrons. The molecule has 0 spiro atoms. The lowest BCUT2D eigenvalue weighted by atomic mass is 10.2. The van der Waals surface area contributed by atoms with Crippen molar-refractivity contribution < 1.29 is 4.39 Å². The van der Waals surface area contributed by atoms with Crippen LogP contribution in [0.1, 0.15) is 60.8 Å². The van der Waals surface area contributed by atoms with Crippen LogP contribution in [0, 0.1) is 0 Å². The van der Waals surface area contributed by atoms with Crippen LogP contribution in [0.15, 0.2) is 12.2 Å². The van der Waals surface area contributed by atoms with E-state index in [1.807, 2.05) is 33.8 Å². The average molecular weight is 190 g/mol. The lowest BCUT2D eigenvalue weighted by Crippen LogP contribution is -1.82. The summed E-state index contributed by atoms with van der Waals surface area (Å²) in [4.78, 5) is 0. The first-order valence-electron chi connectivity index (χ1n) is 5.58. The molecule has 1 heteroatoms. The Hall–Kier alpha value is -0.330.